The van der Waals surface area contributed by atoms with Gasteiger partial charge in [-0.25, -0.2) is 0 Å². The fourth-order valence-corrected chi connectivity index (χ4v) is 0. The maximum Gasteiger partial charge on any atom is 2.00 e. The molecule has 6 heteroatoms. The number of hydrogen-bond acceptors (Lipinski definition) is 3. The molecular weight excluding hydrogens is 262 g/mol. The summed E-state index contributed by atoms with van der Waals surface area (Å²) in [5.41, 5.74) is 0. The molecule has 0 fully saturated rings. The molecule has 0 aliphatic carbocycles. The third-order valence-corrected chi connectivity index (χ3v) is 0. The summed E-state index contributed by atoms with van der Waals surface area (Å²) in [5, 5.41) is 21.5. The first kappa shape index (κ1) is 15.7. The van der Waals surface area contributed by atoms with Crippen molar-refractivity contribution in [3.8, 4) is 0 Å². The van der Waals surface area contributed by atoms with Crippen LogP contribution in [0.2, 0.25) is 0 Å². The van der Waals surface area contributed by atoms with Crippen molar-refractivity contribution < 1.29 is 37.4 Å². The molecule has 0 aromatic rings. The molecule has 0 saturated carbocycles. The Balaban J connectivity index is -0.00000000750. The molecule has 0 aliphatic heterocycles. The minimum absolute atomic E-state index is 0. The molecule has 0 aliphatic rings. The van der Waals surface area contributed by atoms with Crippen LogP contribution in [0.4, 0.5) is 0 Å². The smallest absolute Gasteiger partial charge is 1.00 e. The third-order valence-electron chi connectivity index (χ3n) is 0. The van der Waals surface area contributed by atoms with Crippen LogP contribution in [-0.4, -0.2) is 71.3 Å². The molecule has 0 atom stereocenters. The van der Waals surface area contributed by atoms with E-state index in [1.807, 2.05) is 0 Å². The van der Waals surface area contributed by atoms with Crippen molar-refractivity contribution in [2.45, 2.75) is 0 Å². The zero-order valence-electron chi connectivity index (χ0n) is 5.33. The van der Waals surface area contributed by atoms with E-state index in [-0.39, 0.29) is 71.2 Å². The van der Waals surface area contributed by atoms with Crippen LogP contribution in [0.15, 0.2) is 0 Å². The van der Waals surface area contributed by atoms with E-state index in [1.54, 1.807) is 0 Å². The van der Waals surface area contributed by atoms with Crippen LogP contribution in [-0.2, 0) is 19.5 Å². The summed E-state index contributed by atoms with van der Waals surface area (Å²) >= 11 is 0. The summed E-state index contributed by atoms with van der Waals surface area (Å²) in [4.78, 5) is 0. The van der Waals surface area contributed by atoms with E-state index in [1.165, 1.54) is 0 Å². The van der Waals surface area contributed by atoms with Crippen molar-refractivity contribution in [1.29, 1.82) is 0 Å². The maximum absolute atomic E-state index is 7.17. The summed E-state index contributed by atoms with van der Waals surface area (Å²) in [6.45, 7) is 0. The Morgan fingerprint density at radius 3 is 1.17 bits per heavy atom. The van der Waals surface area contributed by atoms with Gasteiger partial charge in [0.05, 0.1) is 0 Å². The Hall–Kier alpha value is 2.14. The van der Waals surface area contributed by atoms with Crippen LogP contribution in [0.1, 0.15) is 2.85 Å². The van der Waals surface area contributed by atoms with Crippen molar-refractivity contribution >= 4 is 56.2 Å². The Morgan fingerprint density at radius 1 is 1.17 bits per heavy atom. The average Bonchev–Trinajstić information content (AvgIpc) is 0.811. The van der Waals surface area contributed by atoms with Crippen LogP contribution in [0.3, 0.4) is 0 Å². The minimum Gasteiger partial charge on any atom is -1.00 e. The first-order valence-corrected chi connectivity index (χ1v) is 0.775. The van der Waals surface area contributed by atoms with Crippen molar-refractivity contribution in [3.05, 3.63) is 0 Å². The quantitative estimate of drug-likeness (QED) is 0.436. The van der Waals surface area contributed by atoms with Crippen LogP contribution in [0.5, 0.6) is 0 Å². The average molecular weight is 267 g/mol. The van der Waals surface area contributed by atoms with Gasteiger partial charge < -0.3 is 17.9 Å². The molecular formula is H5BBaO3Zn. The molecule has 0 heterocycles. The summed E-state index contributed by atoms with van der Waals surface area (Å²) in [6, 6.07) is 0. The van der Waals surface area contributed by atoms with Crippen molar-refractivity contribution in [2.75, 3.05) is 0 Å². The molecule has 0 bridgehead atoms. The standard InChI is InChI=1S/BH3O3.Ba.Zn.2H/c2-1(3)4;;;;/h2-4H;;;;/q;+2;;2*-1. The molecule has 0 unspecified atom stereocenters. The SMILES string of the molecule is OB(O)O.[Ba+2].[H-].[H-].[Zn]. The second kappa shape index (κ2) is 10.2. The van der Waals surface area contributed by atoms with Crippen molar-refractivity contribution in [2.24, 2.45) is 0 Å². The minimum atomic E-state index is -2.17. The van der Waals surface area contributed by atoms with Crippen molar-refractivity contribution in [3.63, 3.8) is 0 Å². The molecule has 0 spiro atoms. The van der Waals surface area contributed by atoms with E-state index >= 15 is 0 Å². The van der Waals surface area contributed by atoms with Crippen LogP contribution < -0.4 is 0 Å². The van der Waals surface area contributed by atoms with Gasteiger partial charge in [-0.15, -0.1) is 0 Å². The largest absolute Gasteiger partial charge is 2.00 e. The first-order chi connectivity index (χ1) is 1.73. The second-order valence-electron chi connectivity index (χ2n) is 0.346. The van der Waals surface area contributed by atoms with Gasteiger partial charge in [0, 0.05) is 19.5 Å². The van der Waals surface area contributed by atoms with Crippen molar-refractivity contribution in [1.82, 2.24) is 0 Å². The van der Waals surface area contributed by atoms with Gasteiger partial charge >= 0.3 is 56.2 Å². The zero-order valence-corrected chi connectivity index (χ0v) is 10.7. The molecule has 6 heavy (non-hydrogen) atoms. The van der Waals surface area contributed by atoms with E-state index in [2.05, 4.69) is 0 Å². The molecule has 0 aromatic heterocycles. The van der Waals surface area contributed by atoms with Gasteiger partial charge in [0.2, 0.25) is 0 Å². The molecule has 3 nitrogen and oxygen atoms in total. The fraction of sp³-hybridized carbons (Fsp3) is 0. The Kier molecular flexibility index (Phi) is 26.7. The normalized spacial score (nSPS) is 4.50. The monoisotopic (exact) mass is 266 g/mol. The molecule has 0 aromatic carbocycles. The fourth-order valence-electron chi connectivity index (χ4n) is 0. The van der Waals surface area contributed by atoms with Gasteiger partial charge in [-0.2, -0.15) is 0 Å². The molecule has 0 amide bonds. The predicted octanol–water partition coefficient (Wildman–Crippen LogP) is -2.21. The van der Waals surface area contributed by atoms with Gasteiger partial charge in [-0.05, 0) is 0 Å². The van der Waals surface area contributed by atoms with Gasteiger partial charge in [0.15, 0.2) is 0 Å². The maximum atomic E-state index is 7.17. The molecule has 3 N–H and O–H groups in total. The van der Waals surface area contributed by atoms with Crippen LogP contribution in [0, 0.1) is 0 Å². The summed E-state index contributed by atoms with van der Waals surface area (Å²) in [5.74, 6) is 0. The molecule has 0 radical (unpaired) electrons. The van der Waals surface area contributed by atoms with E-state index in [4.69, 9.17) is 15.1 Å². The van der Waals surface area contributed by atoms with Gasteiger partial charge in [-0.1, -0.05) is 0 Å². The van der Waals surface area contributed by atoms with E-state index in [0.717, 1.165) is 0 Å². The van der Waals surface area contributed by atoms with E-state index in [0.29, 0.717) is 0 Å². The predicted molar refractivity (Wildman–Crippen MR) is 20.4 cm³/mol. The molecule has 0 rings (SSSR count). The third kappa shape index (κ3) is 35.4. The zero-order chi connectivity index (χ0) is 3.58. The first-order valence-electron chi connectivity index (χ1n) is 0.775. The van der Waals surface area contributed by atoms with Crippen LogP contribution >= 0.6 is 0 Å². The Morgan fingerprint density at radius 2 is 1.17 bits per heavy atom. The molecule has 30 valence electrons. The summed E-state index contributed by atoms with van der Waals surface area (Å²) in [6.07, 6.45) is 0. The van der Waals surface area contributed by atoms with Gasteiger partial charge in [-0.3, -0.25) is 0 Å². The summed E-state index contributed by atoms with van der Waals surface area (Å²) < 4.78 is 0. The Bertz CT molecular complexity index is 22.0. The summed E-state index contributed by atoms with van der Waals surface area (Å²) in [7, 11) is -2.17. The van der Waals surface area contributed by atoms with Crippen LogP contribution in [0.25, 0.3) is 0 Å². The Labute approximate surface area is 92.1 Å². The topological polar surface area (TPSA) is 60.7 Å². The van der Waals surface area contributed by atoms with E-state index in [9.17, 15) is 0 Å². The van der Waals surface area contributed by atoms with Gasteiger partial charge in [0.25, 0.3) is 0 Å². The molecule has 0 saturated heterocycles. The number of rotatable bonds is 0. The second-order valence-corrected chi connectivity index (χ2v) is 0.346. The van der Waals surface area contributed by atoms with Gasteiger partial charge in [0.1, 0.15) is 0 Å². The number of hydrogen-bond donors (Lipinski definition) is 3. The van der Waals surface area contributed by atoms with E-state index < -0.39 is 7.32 Å².